The van der Waals surface area contributed by atoms with E-state index >= 15 is 0 Å². The number of hydrogen-bond acceptors (Lipinski definition) is 3. The maximum Gasteiger partial charge on any atom is 0.0956 e. The van der Waals surface area contributed by atoms with E-state index in [4.69, 9.17) is 4.74 Å². The molecular weight excluding hydrogens is 240 g/mol. The van der Waals surface area contributed by atoms with Crippen LogP contribution in [0.15, 0.2) is 30.7 Å². The molecule has 4 rings (SSSR count). The number of rotatable bonds is 1. The molecule has 1 aromatic heterocycles. The number of imidazole rings is 1. The fourth-order valence-corrected chi connectivity index (χ4v) is 3.33. The lowest BCUT2D eigenvalue weighted by molar-refractivity contribution is 0.111. The largest absolute Gasteiger partial charge is 0.390 e. The van der Waals surface area contributed by atoms with Gasteiger partial charge < -0.3 is 14.4 Å². The third-order valence-corrected chi connectivity index (χ3v) is 4.27. The third kappa shape index (κ3) is 1.50. The van der Waals surface area contributed by atoms with E-state index in [1.165, 1.54) is 16.7 Å². The topological polar surface area (TPSA) is 47.3 Å². The van der Waals surface area contributed by atoms with Crippen LogP contribution in [0.3, 0.4) is 0 Å². The van der Waals surface area contributed by atoms with E-state index in [-0.39, 0.29) is 12.0 Å². The minimum atomic E-state index is -0.396. The van der Waals surface area contributed by atoms with E-state index in [0.29, 0.717) is 13.2 Å². The van der Waals surface area contributed by atoms with Gasteiger partial charge in [-0.2, -0.15) is 0 Å². The fraction of sp³-hybridized carbons (Fsp3) is 0.400. The molecule has 1 saturated heterocycles. The van der Waals surface area contributed by atoms with E-state index in [2.05, 4.69) is 34.7 Å². The highest BCUT2D eigenvalue weighted by Crippen LogP contribution is 2.45. The minimum Gasteiger partial charge on any atom is -0.390 e. The van der Waals surface area contributed by atoms with Crippen molar-refractivity contribution in [1.29, 1.82) is 0 Å². The SMILES string of the molecule is Cc1ccc2c(c1)-c1cncn1C2[C@H]1COC[C@@H]1O. The van der Waals surface area contributed by atoms with Gasteiger partial charge in [-0.05, 0) is 18.6 Å². The summed E-state index contributed by atoms with van der Waals surface area (Å²) < 4.78 is 7.60. The average Bonchev–Trinajstić information content (AvgIpc) is 3.05. The quantitative estimate of drug-likeness (QED) is 0.846. The molecule has 2 aliphatic heterocycles. The summed E-state index contributed by atoms with van der Waals surface area (Å²) in [5.74, 6) is 0.108. The number of aromatic nitrogens is 2. The van der Waals surface area contributed by atoms with E-state index in [0.717, 1.165) is 5.69 Å². The predicted octanol–water partition coefficient (Wildman–Crippen LogP) is 1.77. The standard InChI is InChI=1S/C15H16N2O2/c1-9-2-3-10-11(4-9)13-5-16-8-17(13)15(10)12-6-19-7-14(12)18/h2-5,8,12,14-15,18H,6-7H2,1H3/t12-,14-,15?/m0/s1. The molecule has 0 saturated carbocycles. The summed E-state index contributed by atoms with van der Waals surface area (Å²) in [6, 6.07) is 6.65. The lowest BCUT2D eigenvalue weighted by Crippen LogP contribution is -2.27. The van der Waals surface area contributed by atoms with Crippen LogP contribution in [0.5, 0.6) is 0 Å². The molecule has 0 amide bonds. The molecule has 3 atom stereocenters. The van der Waals surface area contributed by atoms with Crippen molar-refractivity contribution in [2.75, 3.05) is 13.2 Å². The first-order valence-corrected chi connectivity index (χ1v) is 6.64. The molecule has 3 heterocycles. The maximum atomic E-state index is 10.1. The minimum absolute atomic E-state index is 0.108. The van der Waals surface area contributed by atoms with E-state index in [9.17, 15) is 5.11 Å². The smallest absolute Gasteiger partial charge is 0.0956 e. The first kappa shape index (κ1) is 11.2. The Bertz CT molecular complexity index is 635. The highest BCUT2D eigenvalue weighted by molar-refractivity contribution is 5.70. The highest BCUT2D eigenvalue weighted by atomic mass is 16.5. The zero-order valence-electron chi connectivity index (χ0n) is 10.8. The number of aliphatic hydroxyl groups excluding tert-OH is 1. The molecule has 1 unspecified atom stereocenters. The van der Waals surface area contributed by atoms with E-state index in [1.807, 2.05) is 12.5 Å². The molecule has 0 radical (unpaired) electrons. The monoisotopic (exact) mass is 256 g/mol. The van der Waals surface area contributed by atoms with Crippen LogP contribution in [0.4, 0.5) is 0 Å². The zero-order valence-corrected chi connectivity index (χ0v) is 10.8. The Kier molecular flexibility index (Phi) is 2.31. The third-order valence-electron chi connectivity index (χ3n) is 4.27. The number of ether oxygens (including phenoxy) is 1. The van der Waals surface area contributed by atoms with Crippen molar-refractivity contribution in [2.45, 2.75) is 19.1 Å². The van der Waals surface area contributed by atoms with Crippen molar-refractivity contribution in [3.63, 3.8) is 0 Å². The van der Waals surface area contributed by atoms with Crippen molar-refractivity contribution in [1.82, 2.24) is 9.55 Å². The zero-order chi connectivity index (χ0) is 13.0. The molecule has 2 aromatic rings. The Morgan fingerprint density at radius 1 is 1.37 bits per heavy atom. The highest BCUT2D eigenvalue weighted by Gasteiger charge is 2.40. The Morgan fingerprint density at radius 2 is 2.26 bits per heavy atom. The van der Waals surface area contributed by atoms with Gasteiger partial charge in [-0.25, -0.2) is 4.98 Å². The maximum absolute atomic E-state index is 10.1. The Hall–Kier alpha value is -1.65. The number of nitrogens with zero attached hydrogens (tertiary/aromatic N) is 2. The first-order valence-electron chi connectivity index (χ1n) is 6.64. The molecule has 19 heavy (non-hydrogen) atoms. The van der Waals surface area contributed by atoms with Crippen LogP contribution in [0.2, 0.25) is 0 Å². The average molecular weight is 256 g/mol. The van der Waals surface area contributed by atoms with Crippen LogP contribution in [-0.4, -0.2) is 34.0 Å². The summed E-state index contributed by atoms with van der Waals surface area (Å²) in [7, 11) is 0. The number of fused-ring (bicyclic) bond motifs is 3. The van der Waals surface area contributed by atoms with Gasteiger partial charge in [0.2, 0.25) is 0 Å². The second-order valence-electron chi connectivity index (χ2n) is 5.49. The van der Waals surface area contributed by atoms with Crippen LogP contribution < -0.4 is 0 Å². The molecule has 1 fully saturated rings. The molecule has 1 aromatic carbocycles. The fourth-order valence-electron chi connectivity index (χ4n) is 3.33. The molecule has 4 heteroatoms. The molecule has 0 spiro atoms. The van der Waals surface area contributed by atoms with Gasteiger partial charge in [-0.1, -0.05) is 17.7 Å². The van der Waals surface area contributed by atoms with Crippen molar-refractivity contribution in [3.8, 4) is 11.3 Å². The summed E-state index contributed by atoms with van der Waals surface area (Å²) in [6.45, 7) is 3.14. The summed E-state index contributed by atoms with van der Waals surface area (Å²) in [5.41, 5.74) is 4.90. The van der Waals surface area contributed by atoms with Crippen LogP contribution in [0.1, 0.15) is 17.2 Å². The molecule has 0 bridgehead atoms. The van der Waals surface area contributed by atoms with Gasteiger partial charge in [0.1, 0.15) is 0 Å². The van der Waals surface area contributed by atoms with Gasteiger partial charge in [0, 0.05) is 11.5 Å². The molecule has 2 aliphatic rings. The Morgan fingerprint density at radius 3 is 3.05 bits per heavy atom. The summed E-state index contributed by atoms with van der Waals surface area (Å²) in [6.07, 6.45) is 3.37. The number of aliphatic hydroxyl groups is 1. The molecule has 0 aliphatic carbocycles. The molecule has 98 valence electrons. The molecule has 1 N–H and O–H groups in total. The molecular formula is C15H16N2O2. The first-order chi connectivity index (χ1) is 9.25. The number of hydrogen-bond donors (Lipinski definition) is 1. The van der Waals surface area contributed by atoms with Gasteiger partial charge in [0.25, 0.3) is 0 Å². The van der Waals surface area contributed by atoms with Crippen LogP contribution in [0, 0.1) is 12.8 Å². The molecule has 4 nitrogen and oxygen atoms in total. The van der Waals surface area contributed by atoms with Crippen LogP contribution in [0.25, 0.3) is 11.3 Å². The number of benzene rings is 1. The summed E-state index contributed by atoms with van der Waals surface area (Å²) >= 11 is 0. The van der Waals surface area contributed by atoms with Gasteiger partial charge in [0.15, 0.2) is 0 Å². The second-order valence-corrected chi connectivity index (χ2v) is 5.49. The lowest BCUT2D eigenvalue weighted by atomic mass is 9.89. The van der Waals surface area contributed by atoms with Gasteiger partial charge in [0.05, 0.1) is 43.6 Å². The van der Waals surface area contributed by atoms with Gasteiger partial charge in [-0.3, -0.25) is 0 Å². The van der Waals surface area contributed by atoms with Gasteiger partial charge >= 0.3 is 0 Å². The van der Waals surface area contributed by atoms with E-state index in [1.54, 1.807) is 0 Å². The summed E-state index contributed by atoms with van der Waals surface area (Å²) in [4.78, 5) is 4.26. The number of aryl methyl sites for hydroxylation is 1. The predicted molar refractivity (Wildman–Crippen MR) is 70.9 cm³/mol. The summed E-state index contributed by atoms with van der Waals surface area (Å²) in [5, 5.41) is 10.1. The van der Waals surface area contributed by atoms with Crippen molar-refractivity contribution >= 4 is 0 Å². The Balaban J connectivity index is 1.89. The van der Waals surface area contributed by atoms with Crippen molar-refractivity contribution in [3.05, 3.63) is 41.9 Å². The second kappa shape index (κ2) is 3.92. The van der Waals surface area contributed by atoms with Crippen LogP contribution >= 0.6 is 0 Å². The van der Waals surface area contributed by atoms with Gasteiger partial charge in [-0.15, -0.1) is 0 Å². The lowest BCUT2D eigenvalue weighted by Gasteiger charge is -2.23. The van der Waals surface area contributed by atoms with E-state index < -0.39 is 6.10 Å². The van der Waals surface area contributed by atoms with Crippen molar-refractivity contribution < 1.29 is 9.84 Å². The van der Waals surface area contributed by atoms with Crippen molar-refractivity contribution in [2.24, 2.45) is 5.92 Å². The normalized spacial score (nSPS) is 28.4. The van der Waals surface area contributed by atoms with Crippen LogP contribution in [-0.2, 0) is 4.74 Å². The Labute approximate surface area is 111 Å².